The van der Waals surface area contributed by atoms with Gasteiger partial charge in [0.05, 0.1) is 11.7 Å². The fourth-order valence-corrected chi connectivity index (χ4v) is 2.33. The molecule has 0 atom stereocenters. The Balaban J connectivity index is 2.42. The number of aryl methyl sites for hydroxylation is 1. The summed E-state index contributed by atoms with van der Waals surface area (Å²) in [5.74, 6) is 0.352. The molecule has 0 saturated carbocycles. The van der Waals surface area contributed by atoms with Gasteiger partial charge in [0.15, 0.2) is 0 Å². The van der Waals surface area contributed by atoms with Gasteiger partial charge in [-0.05, 0) is 12.1 Å². The molecule has 2 aromatic heterocycles. The largest absolute Gasteiger partial charge is 0.422 e. The van der Waals surface area contributed by atoms with E-state index in [2.05, 4.69) is 15.4 Å². The van der Waals surface area contributed by atoms with E-state index in [1.165, 1.54) is 12.6 Å². The molecule has 0 spiro atoms. The number of nitrogens with zero attached hydrogens (tertiary/aromatic N) is 4. The Morgan fingerprint density at radius 1 is 1.47 bits per heavy atom. The number of hydrogen-bond acceptors (Lipinski definition) is 5. The number of oxime groups is 1. The van der Waals surface area contributed by atoms with Crippen LogP contribution in [0.3, 0.4) is 0 Å². The molecule has 0 unspecified atom stereocenters. The second kappa shape index (κ2) is 4.40. The van der Waals surface area contributed by atoms with E-state index in [0.717, 1.165) is 10.9 Å². The molecule has 3 aromatic rings. The van der Waals surface area contributed by atoms with E-state index in [0.29, 0.717) is 22.2 Å². The topological polar surface area (TPSA) is 76.4 Å². The summed E-state index contributed by atoms with van der Waals surface area (Å²) in [5, 5.41) is 21.0. The van der Waals surface area contributed by atoms with Gasteiger partial charge in [-0.3, -0.25) is 0 Å². The van der Waals surface area contributed by atoms with Crippen LogP contribution >= 0.6 is 11.6 Å². The number of hydrogen-bond donors (Lipinski definition) is 1. The van der Waals surface area contributed by atoms with Crippen LogP contribution in [0.5, 0.6) is 0 Å². The Hall–Kier alpha value is -2.34. The van der Waals surface area contributed by atoms with Crippen LogP contribution in [0, 0.1) is 0 Å². The molecule has 1 N–H and O–H groups in total. The first-order chi connectivity index (χ1) is 9.22. The zero-order valence-electron chi connectivity index (χ0n) is 9.91. The molecular weight excluding hydrogens is 268 g/mol. The molecule has 0 amide bonds. The van der Waals surface area contributed by atoms with Gasteiger partial charge >= 0.3 is 0 Å². The average Bonchev–Trinajstić information content (AvgIpc) is 2.99. The summed E-state index contributed by atoms with van der Waals surface area (Å²) in [4.78, 5) is 0. The van der Waals surface area contributed by atoms with Crippen LogP contribution in [0.25, 0.3) is 22.5 Å². The molecular formula is C12H9ClN4O2. The summed E-state index contributed by atoms with van der Waals surface area (Å²) < 4.78 is 7.09. The molecule has 96 valence electrons. The molecule has 6 nitrogen and oxygen atoms in total. The lowest BCUT2D eigenvalue weighted by molar-refractivity contribution is 0.322. The second-order valence-corrected chi connectivity index (χ2v) is 4.41. The molecule has 0 aliphatic rings. The zero-order chi connectivity index (χ0) is 13.4. The van der Waals surface area contributed by atoms with Crippen molar-refractivity contribution in [3.05, 3.63) is 35.2 Å². The van der Waals surface area contributed by atoms with Crippen LogP contribution in [0.1, 0.15) is 5.56 Å². The molecule has 2 heterocycles. The van der Waals surface area contributed by atoms with Gasteiger partial charge in [-0.25, -0.2) is 0 Å². The Kier molecular flexibility index (Phi) is 2.72. The summed E-state index contributed by atoms with van der Waals surface area (Å²) >= 11 is 6.01. The average molecular weight is 277 g/mol. The summed E-state index contributed by atoms with van der Waals surface area (Å²) in [5.41, 5.74) is 2.25. The fourth-order valence-electron chi connectivity index (χ4n) is 2.16. The molecule has 7 heteroatoms. The Labute approximate surface area is 112 Å². The monoisotopic (exact) mass is 276 g/mol. The van der Waals surface area contributed by atoms with Crippen molar-refractivity contribution in [1.29, 1.82) is 0 Å². The van der Waals surface area contributed by atoms with Gasteiger partial charge in [-0.1, -0.05) is 22.8 Å². The minimum atomic E-state index is 0.352. The van der Waals surface area contributed by atoms with Crippen LogP contribution in [0.2, 0.25) is 5.02 Å². The van der Waals surface area contributed by atoms with Crippen LogP contribution in [0.4, 0.5) is 0 Å². The van der Waals surface area contributed by atoms with Gasteiger partial charge in [-0.2, -0.15) is 0 Å². The first kappa shape index (κ1) is 11.7. The highest BCUT2D eigenvalue weighted by atomic mass is 35.5. The smallest absolute Gasteiger partial charge is 0.264 e. The third-order valence-corrected chi connectivity index (χ3v) is 3.19. The highest BCUT2D eigenvalue weighted by molar-refractivity contribution is 6.31. The second-order valence-electron chi connectivity index (χ2n) is 3.97. The van der Waals surface area contributed by atoms with Gasteiger partial charge in [0.25, 0.3) is 5.89 Å². The molecule has 0 radical (unpaired) electrons. The zero-order valence-corrected chi connectivity index (χ0v) is 10.7. The van der Waals surface area contributed by atoms with Crippen molar-refractivity contribution in [3.8, 4) is 11.6 Å². The molecule has 3 rings (SSSR count). The first-order valence-corrected chi connectivity index (χ1v) is 5.82. The molecule has 0 bridgehead atoms. The van der Waals surface area contributed by atoms with Gasteiger partial charge in [0.2, 0.25) is 6.39 Å². The summed E-state index contributed by atoms with van der Waals surface area (Å²) in [6.45, 7) is 0. The van der Waals surface area contributed by atoms with Crippen molar-refractivity contribution in [2.24, 2.45) is 12.2 Å². The SMILES string of the molecule is Cn1c(-c2nnco2)c(/C=N/O)c2ccc(Cl)cc21. The number of fused-ring (bicyclic) bond motifs is 1. The predicted octanol–water partition coefficient (Wildman–Crippen LogP) is 2.69. The summed E-state index contributed by atoms with van der Waals surface area (Å²) in [6, 6.07) is 5.45. The number of aromatic nitrogens is 3. The van der Waals surface area contributed by atoms with Crippen LogP contribution < -0.4 is 0 Å². The highest BCUT2D eigenvalue weighted by Gasteiger charge is 2.19. The lowest BCUT2D eigenvalue weighted by atomic mass is 10.1. The Bertz CT molecular complexity index is 762. The van der Waals surface area contributed by atoms with Crippen molar-refractivity contribution in [2.45, 2.75) is 0 Å². The normalized spacial score (nSPS) is 11.7. The molecule has 0 aliphatic carbocycles. The maximum atomic E-state index is 8.83. The van der Waals surface area contributed by atoms with Gasteiger partial charge in [0.1, 0.15) is 5.69 Å². The third kappa shape index (κ3) is 1.77. The number of rotatable bonds is 2. The van der Waals surface area contributed by atoms with E-state index in [-0.39, 0.29) is 0 Å². The number of halogens is 1. The standard InChI is InChI=1S/C12H9ClN4O2/c1-17-10-4-7(13)2-3-8(10)9(5-15-18)11(17)12-16-14-6-19-12/h2-6,18H,1H3/b15-5+. The molecule has 1 aromatic carbocycles. The highest BCUT2D eigenvalue weighted by Crippen LogP contribution is 2.32. The minimum Gasteiger partial charge on any atom is -0.422 e. The van der Waals surface area contributed by atoms with Crippen molar-refractivity contribution in [1.82, 2.24) is 14.8 Å². The van der Waals surface area contributed by atoms with E-state index in [1.54, 1.807) is 6.07 Å². The van der Waals surface area contributed by atoms with Gasteiger partial charge in [-0.15, -0.1) is 10.2 Å². The first-order valence-electron chi connectivity index (χ1n) is 5.44. The van der Waals surface area contributed by atoms with E-state index in [9.17, 15) is 0 Å². The van der Waals surface area contributed by atoms with Crippen LogP contribution in [0.15, 0.2) is 34.2 Å². The van der Waals surface area contributed by atoms with Crippen molar-refractivity contribution >= 4 is 28.7 Å². The number of benzene rings is 1. The van der Waals surface area contributed by atoms with Crippen molar-refractivity contribution < 1.29 is 9.62 Å². The van der Waals surface area contributed by atoms with Crippen molar-refractivity contribution in [2.75, 3.05) is 0 Å². The fraction of sp³-hybridized carbons (Fsp3) is 0.0833. The predicted molar refractivity (Wildman–Crippen MR) is 70.6 cm³/mol. The Morgan fingerprint density at radius 2 is 2.32 bits per heavy atom. The molecule has 19 heavy (non-hydrogen) atoms. The van der Waals surface area contributed by atoms with E-state index >= 15 is 0 Å². The Morgan fingerprint density at radius 3 is 3.00 bits per heavy atom. The van der Waals surface area contributed by atoms with E-state index in [1.807, 2.05) is 23.7 Å². The lowest BCUT2D eigenvalue weighted by Gasteiger charge is -2.00. The maximum Gasteiger partial charge on any atom is 0.264 e. The lowest BCUT2D eigenvalue weighted by Crippen LogP contribution is -1.94. The maximum absolute atomic E-state index is 8.83. The van der Waals surface area contributed by atoms with Crippen LogP contribution in [-0.2, 0) is 7.05 Å². The van der Waals surface area contributed by atoms with Crippen molar-refractivity contribution in [3.63, 3.8) is 0 Å². The van der Waals surface area contributed by atoms with Gasteiger partial charge in [0, 0.05) is 23.0 Å². The van der Waals surface area contributed by atoms with E-state index < -0.39 is 0 Å². The van der Waals surface area contributed by atoms with Gasteiger partial charge < -0.3 is 14.2 Å². The van der Waals surface area contributed by atoms with Crippen LogP contribution in [-0.4, -0.2) is 26.2 Å². The quantitative estimate of drug-likeness (QED) is 0.443. The molecule has 0 fully saturated rings. The third-order valence-electron chi connectivity index (χ3n) is 2.95. The summed E-state index contributed by atoms with van der Waals surface area (Å²) in [7, 11) is 1.85. The summed E-state index contributed by atoms with van der Waals surface area (Å²) in [6.07, 6.45) is 2.59. The molecule has 0 saturated heterocycles. The minimum absolute atomic E-state index is 0.352. The van der Waals surface area contributed by atoms with E-state index in [4.69, 9.17) is 21.2 Å². The molecule has 0 aliphatic heterocycles.